The summed E-state index contributed by atoms with van der Waals surface area (Å²) in [4.78, 5) is 7.22. The first-order valence-electron chi connectivity index (χ1n) is 8.17. The molecule has 0 aliphatic heterocycles. The third kappa shape index (κ3) is 5.80. The average Bonchev–Trinajstić information content (AvgIpc) is 2.69. The fourth-order valence-electron chi connectivity index (χ4n) is 2.13. The van der Waals surface area contributed by atoms with Crippen molar-refractivity contribution in [2.24, 2.45) is 4.99 Å². The van der Waals surface area contributed by atoms with E-state index in [-0.39, 0.29) is 0 Å². The fraction of sp³-hybridized carbons (Fsp3) is 0.0455. The van der Waals surface area contributed by atoms with Gasteiger partial charge in [-0.3, -0.25) is 0 Å². The molecule has 0 fully saturated rings. The molecule has 3 aromatic carbocycles. The maximum absolute atomic E-state index is 5.99. The van der Waals surface area contributed by atoms with E-state index in [4.69, 9.17) is 16.6 Å². The van der Waals surface area contributed by atoms with Crippen LogP contribution < -0.4 is 0 Å². The standard InChI is InChI=1S/C22H18ClNS2/c1-17(16-25-20-8-4-2-5-9-20)22(26-21-10-6-3-7-11-21)24-19-14-12-18(23)13-15-19/h2-16H,1H3/b17-16+,24-22?. The Labute approximate surface area is 168 Å². The van der Waals surface area contributed by atoms with Crippen molar-refractivity contribution in [2.45, 2.75) is 16.7 Å². The Hall–Kier alpha value is -1.94. The first kappa shape index (κ1) is 18.8. The maximum atomic E-state index is 5.99. The van der Waals surface area contributed by atoms with Crippen LogP contribution in [0.2, 0.25) is 5.02 Å². The van der Waals surface area contributed by atoms with Gasteiger partial charge in [0.1, 0.15) is 5.04 Å². The van der Waals surface area contributed by atoms with Crippen molar-refractivity contribution in [1.82, 2.24) is 0 Å². The lowest BCUT2D eigenvalue weighted by Crippen LogP contribution is -1.94. The molecule has 0 N–H and O–H groups in total. The second-order valence-corrected chi connectivity index (χ2v) is 7.98. The molecule has 1 nitrogen and oxygen atoms in total. The lowest BCUT2D eigenvalue weighted by atomic mass is 10.3. The van der Waals surface area contributed by atoms with Gasteiger partial charge in [0.05, 0.1) is 5.69 Å². The van der Waals surface area contributed by atoms with Crippen LogP contribution in [0, 0.1) is 0 Å². The molecule has 0 spiro atoms. The molecule has 0 unspecified atom stereocenters. The first-order valence-corrected chi connectivity index (χ1v) is 10.2. The minimum atomic E-state index is 0.716. The SMILES string of the molecule is C/C(=C\Sc1ccccc1)C(=Nc1ccc(Cl)cc1)Sc1ccccc1. The number of nitrogens with zero attached hydrogens (tertiary/aromatic N) is 1. The molecule has 3 rings (SSSR count). The van der Waals surface area contributed by atoms with Gasteiger partial charge in [-0.15, -0.1) is 0 Å². The van der Waals surface area contributed by atoms with Crippen molar-refractivity contribution >= 4 is 45.9 Å². The predicted octanol–water partition coefficient (Wildman–Crippen LogP) is 7.86. The lowest BCUT2D eigenvalue weighted by molar-refractivity contribution is 1.46. The van der Waals surface area contributed by atoms with Gasteiger partial charge in [-0.05, 0) is 66.4 Å². The quantitative estimate of drug-likeness (QED) is 0.247. The van der Waals surface area contributed by atoms with Crippen LogP contribution in [0.4, 0.5) is 5.69 Å². The van der Waals surface area contributed by atoms with E-state index in [1.807, 2.05) is 60.7 Å². The highest BCUT2D eigenvalue weighted by Crippen LogP contribution is 2.29. The molecular formula is C22H18ClNS2. The third-order valence-corrected chi connectivity index (χ3v) is 5.85. The van der Waals surface area contributed by atoms with Crippen molar-refractivity contribution in [3.63, 3.8) is 0 Å². The number of hydrogen-bond acceptors (Lipinski definition) is 3. The Kier molecular flexibility index (Phi) is 7.01. The summed E-state index contributed by atoms with van der Waals surface area (Å²) in [5, 5.41) is 3.84. The van der Waals surface area contributed by atoms with E-state index < -0.39 is 0 Å². The van der Waals surface area contributed by atoms with E-state index in [2.05, 4.69) is 36.6 Å². The number of halogens is 1. The zero-order valence-corrected chi connectivity index (χ0v) is 16.7. The predicted molar refractivity (Wildman–Crippen MR) is 117 cm³/mol. The molecular weight excluding hydrogens is 378 g/mol. The number of benzene rings is 3. The highest BCUT2D eigenvalue weighted by molar-refractivity contribution is 8.14. The molecule has 0 aliphatic carbocycles. The smallest absolute Gasteiger partial charge is 0.105 e. The Morgan fingerprint density at radius 2 is 1.38 bits per heavy atom. The maximum Gasteiger partial charge on any atom is 0.105 e. The largest absolute Gasteiger partial charge is 0.241 e. The van der Waals surface area contributed by atoms with E-state index in [1.54, 1.807) is 23.5 Å². The Bertz CT molecular complexity index is 888. The van der Waals surface area contributed by atoms with Crippen LogP contribution in [0.15, 0.2) is 111 Å². The van der Waals surface area contributed by atoms with Crippen molar-refractivity contribution in [3.05, 3.63) is 101 Å². The summed E-state index contributed by atoms with van der Waals surface area (Å²) in [7, 11) is 0. The zero-order chi connectivity index (χ0) is 18.2. The van der Waals surface area contributed by atoms with Crippen molar-refractivity contribution in [3.8, 4) is 0 Å². The minimum absolute atomic E-state index is 0.716. The molecule has 3 aromatic rings. The topological polar surface area (TPSA) is 12.4 Å². The summed E-state index contributed by atoms with van der Waals surface area (Å²) in [5.74, 6) is 0. The van der Waals surface area contributed by atoms with Gasteiger partial charge in [0.2, 0.25) is 0 Å². The van der Waals surface area contributed by atoms with Crippen LogP contribution in [-0.2, 0) is 0 Å². The van der Waals surface area contributed by atoms with Gasteiger partial charge < -0.3 is 0 Å². The minimum Gasteiger partial charge on any atom is -0.241 e. The molecule has 0 aromatic heterocycles. The van der Waals surface area contributed by atoms with Crippen LogP contribution in [0.5, 0.6) is 0 Å². The summed E-state index contributed by atoms with van der Waals surface area (Å²) >= 11 is 9.36. The van der Waals surface area contributed by atoms with Crippen LogP contribution in [0.3, 0.4) is 0 Å². The highest BCUT2D eigenvalue weighted by atomic mass is 35.5. The summed E-state index contributed by atoms with van der Waals surface area (Å²) in [5.41, 5.74) is 2.02. The summed E-state index contributed by atoms with van der Waals surface area (Å²) in [6.45, 7) is 2.10. The number of aliphatic imine (C=N–C) groups is 1. The van der Waals surface area contributed by atoms with E-state index in [0.29, 0.717) is 5.02 Å². The van der Waals surface area contributed by atoms with Gasteiger partial charge in [0.15, 0.2) is 0 Å². The summed E-state index contributed by atoms with van der Waals surface area (Å²) in [6.07, 6.45) is 0. The lowest BCUT2D eigenvalue weighted by Gasteiger charge is -2.08. The molecule has 0 aliphatic rings. The van der Waals surface area contributed by atoms with Gasteiger partial charge >= 0.3 is 0 Å². The van der Waals surface area contributed by atoms with E-state index >= 15 is 0 Å². The second-order valence-electron chi connectivity index (χ2n) is 5.54. The summed E-state index contributed by atoms with van der Waals surface area (Å²) in [6, 6.07) is 28.2. The Balaban J connectivity index is 1.87. The highest BCUT2D eigenvalue weighted by Gasteiger charge is 2.07. The van der Waals surface area contributed by atoms with E-state index in [1.165, 1.54) is 4.90 Å². The van der Waals surface area contributed by atoms with Gasteiger partial charge in [0, 0.05) is 14.8 Å². The molecule has 26 heavy (non-hydrogen) atoms. The molecule has 0 saturated carbocycles. The molecule has 0 radical (unpaired) electrons. The summed E-state index contributed by atoms with van der Waals surface area (Å²) < 4.78 is 0. The number of thioether (sulfide) groups is 2. The Morgan fingerprint density at radius 3 is 2.00 bits per heavy atom. The first-order chi connectivity index (χ1) is 12.7. The van der Waals surface area contributed by atoms with Crippen LogP contribution in [0.1, 0.15) is 6.92 Å². The van der Waals surface area contributed by atoms with Gasteiger partial charge in [-0.25, -0.2) is 4.99 Å². The van der Waals surface area contributed by atoms with Crippen molar-refractivity contribution < 1.29 is 0 Å². The Morgan fingerprint density at radius 1 is 0.808 bits per heavy atom. The average molecular weight is 396 g/mol. The van der Waals surface area contributed by atoms with Crippen LogP contribution >= 0.6 is 35.1 Å². The third-order valence-electron chi connectivity index (χ3n) is 3.47. The number of hydrogen-bond donors (Lipinski definition) is 0. The molecule has 0 heterocycles. The van der Waals surface area contributed by atoms with Crippen LogP contribution in [0.25, 0.3) is 0 Å². The van der Waals surface area contributed by atoms with Gasteiger partial charge in [-0.2, -0.15) is 0 Å². The monoisotopic (exact) mass is 395 g/mol. The van der Waals surface area contributed by atoms with E-state index in [0.717, 1.165) is 21.2 Å². The number of rotatable bonds is 5. The van der Waals surface area contributed by atoms with Crippen LogP contribution in [-0.4, -0.2) is 5.04 Å². The fourth-order valence-corrected chi connectivity index (χ4v) is 3.96. The molecule has 0 amide bonds. The molecule has 4 heteroatoms. The van der Waals surface area contributed by atoms with Gasteiger partial charge in [0.25, 0.3) is 0 Å². The van der Waals surface area contributed by atoms with E-state index in [9.17, 15) is 0 Å². The molecule has 130 valence electrons. The van der Waals surface area contributed by atoms with Crippen molar-refractivity contribution in [2.75, 3.05) is 0 Å². The van der Waals surface area contributed by atoms with Crippen molar-refractivity contribution in [1.29, 1.82) is 0 Å². The normalized spacial score (nSPS) is 12.2. The second kappa shape index (κ2) is 9.67. The molecule has 0 saturated heterocycles. The molecule has 0 bridgehead atoms. The zero-order valence-electron chi connectivity index (χ0n) is 14.3. The molecule has 0 atom stereocenters. The van der Waals surface area contributed by atoms with Gasteiger partial charge in [-0.1, -0.05) is 71.5 Å².